The lowest BCUT2D eigenvalue weighted by Crippen LogP contribution is -2.46. The van der Waals surface area contributed by atoms with E-state index in [9.17, 15) is 18.4 Å². The highest BCUT2D eigenvalue weighted by Gasteiger charge is 2.31. The van der Waals surface area contributed by atoms with Gasteiger partial charge in [-0.1, -0.05) is 11.8 Å². The van der Waals surface area contributed by atoms with Gasteiger partial charge in [0.1, 0.15) is 11.9 Å². The number of halogens is 3. The van der Waals surface area contributed by atoms with Gasteiger partial charge < -0.3 is 4.90 Å². The first-order chi connectivity index (χ1) is 20.3. The summed E-state index contributed by atoms with van der Waals surface area (Å²) in [7, 11) is 1.86. The zero-order valence-electron chi connectivity index (χ0n) is 22.5. The minimum atomic E-state index is -4.44. The van der Waals surface area contributed by atoms with Crippen LogP contribution in [0.5, 0.6) is 0 Å². The van der Waals surface area contributed by atoms with Crippen molar-refractivity contribution in [2.24, 2.45) is 7.05 Å². The van der Waals surface area contributed by atoms with Crippen LogP contribution in [-0.4, -0.2) is 67.0 Å². The van der Waals surface area contributed by atoms with Crippen LogP contribution in [0.15, 0.2) is 67.6 Å². The third-order valence-electron chi connectivity index (χ3n) is 7.13. The van der Waals surface area contributed by atoms with Crippen molar-refractivity contribution in [3.8, 4) is 40.2 Å². The van der Waals surface area contributed by atoms with Crippen LogP contribution < -0.4 is 4.90 Å². The predicted molar refractivity (Wildman–Crippen MR) is 150 cm³/mol. The van der Waals surface area contributed by atoms with Gasteiger partial charge in [0.05, 0.1) is 35.6 Å². The SMILES string of the molecule is Cn1cc(-c2cc(-c3ccc(N4CCN(CC#Cc5cncc(C(F)(F)F)c5)CC4)nc3)c3c(C#N)cnn3c2)cn1. The summed E-state index contributed by atoms with van der Waals surface area (Å²) in [6, 6.07) is 9.25. The summed E-state index contributed by atoms with van der Waals surface area (Å²) >= 11 is 0. The Morgan fingerprint density at radius 3 is 2.43 bits per heavy atom. The first-order valence-corrected chi connectivity index (χ1v) is 13.1. The summed E-state index contributed by atoms with van der Waals surface area (Å²) in [5.74, 6) is 6.60. The van der Waals surface area contributed by atoms with Crippen LogP contribution in [0.3, 0.4) is 0 Å². The summed E-state index contributed by atoms with van der Waals surface area (Å²) in [5, 5.41) is 18.3. The van der Waals surface area contributed by atoms with Crippen LogP contribution in [0.1, 0.15) is 16.7 Å². The molecule has 0 spiro atoms. The minimum Gasteiger partial charge on any atom is -0.354 e. The molecule has 1 aliphatic heterocycles. The van der Waals surface area contributed by atoms with Gasteiger partial charge in [0.15, 0.2) is 0 Å². The van der Waals surface area contributed by atoms with Gasteiger partial charge in [0.2, 0.25) is 0 Å². The van der Waals surface area contributed by atoms with E-state index >= 15 is 0 Å². The Morgan fingerprint density at radius 1 is 0.905 bits per heavy atom. The molecule has 1 aliphatic rings. The Bertz CT molecular complexity index is 1850. The molecule has 0 N–H and O–H groups in total. The van der Waals surface area contributed by atoms with E-state index in [4.69, 9.17) is 4.98 Å². The van der Waals surface area contributed by atoms with Gasteiger partial charge in [-0.05, 0) is 24.3 Å². The van der Waals surface area contributed by atoms with Crippen molar-refractivity contribution in [2.45, 2.75) is 6.18 Å². The largest absolute Gasteiger partial charge is 0.417 e. The second-order valence-electron chi connectivity index (χ2n) is 9.94. The molecule has 0 amide bonds. The van der Waals surface area contributed by atoms with E-state index < -0.39 is 11.7 Å². The number of rotatable bonds is 4. The summed E-state index contributed by atoms with van der Waals surface area (Å²) in [5.41, 5.74) is 4.22. The normalized spacial score (nSPS) is 14.0. The average Bonchev–Trinajstić information content (AvgIpc) is 3.63. The Hall–Kier alpha value is -5.20. The lowest BCUT2D eigenvalue weighted by atomic mass is 10.0. The fourth-order valence-corrected chi connectivity index (χ4v) is 4.94. The van der Waals surface area contributed by atoms with Gasteiger partial charge in [0, 0.05) is 92.0 Å². The molecule has 6 rings (SSSR count). The van der Waals surface area contributed by atoms with Crippen molar-refractivity contribution in [1.29, 1.82) is 5.26 Å². The summed E-state index contributed by atoms with van der Waals surface area (Å²) in [6.07, 6.45) is 6.67. The Morgan fingerprint density at radius 2 is 1.74 bits per heavy atom. The molecule has 1 saturated heterocycles. The van der Waals surface area contributed by atoms with E-state index in [-0.39, 0.29) is 5.56 Å². The Balaban J connectivity index is 1.15. The summed E-state index contributed by atoms with van der Waals surface area (Å²) in [4.78, 5) is 12.7. The number of pyridine rings is 3. The van der Waals surface area contributed by atoms with E-state index in [2.05, 4.69) is 42.9 Å². The highest BCUT2D eigenvalue weighted by Crippen LogP contribution is 2.32. The first-order valence-electron chi connectivity index (χ1n) is 13.1. The zero-order chi connectivity index (χ0) is 29.3. The third kappa shape index (κ3) is 5.53. The molecule has 6 heterocycles. The number of piperazine rings is 1. The van der Waals surface area contributed by atoms with E-state index in [1.165, 1.54) is 6.20 Å². The summed E-state index contributed by atoms with van der Waals surface area (Å²) in [6.45, 7) is 3.41. The van der Waals surface area contributed by atoms with Gasteiger partial charge in [-0.15, -0.1) is 0 Å². The number of fused-ring (bicyclic) bond motifs is 1. The van der Waals surface area contributed by atoms with Gasteiger partial charge in [-0.25, -0.2) is 9.50 Å². The van der Waals surface area contributed by atoms with Crippen molar-refractivity contribution >= 4 is 11.3 Å². The molecule has 0 saturated carbocycles. The molecule has 12 heteroatoms. The maximum Gasteiger partial charge on any atom is 0.417 e. The maximum atomic E-state index is 12.9. The highest BCUT2D eigenvalue weighted by atomic mass is 19.4. The highest BCUT2D eigenvalue weighted by molar-refractivity contribution is 5.87. The summed E-state index contributed by atoms with van der Waals surface area (Å²) < 4.78 is 42.2. The predicted octanol–water partition coefficient (Wildman–Crippen LogP) is 4.26. The lowest BCUT2D eigenvalue weighted by Gasteiger charge is -2.34. The molecule has 42 heavy (non-hydrogen) atoms. The van der Waals surface area contributed by atoms with E-state index in [1.807, 2.05) is 43.8 Å². The number of hydrogen-bond acceptors (Lipinski definition) is 7. The van der Waals surface area contributed by atoms with Gasteiger partial charge in [0.25, 0.3) is 0 Å². The lowest BCUT2D eigenvalue weighted by molar-refractivity contribution is -0.137. The first kappa shape index (κ1) is 27.0. The molecule has 0 aliphatic carbocycles. The number of aromatic nitrogens is 6. The van der Waals surface area contributed by atoms with Gasteiger partial charge >= 0.3 is 6.18 Å². The molecule has 210 valence electrons. The monoisotopic (exact) mass is 567 g/mol. The van der Waals surface area contributed by atoms with E-state index in [1.54, 1.807) is 21.6 Å². The van der Waals surface area contributed by atoms with Gasteiger partial charge in [-0.3, -0.25) is 14.6 Å². The number of nitrogens with zero attached hydrogens (tertiary/aromatic N) is 9. The maximum absolute atomic E-state index is 12.9. The van der Waals surface area contributed by atoms with Crippen LogP contribution in [0.4, 0.5) is 19.0 Å². The van der Waals surface area contributed by atoms with Crippen molar-refractivity contribution in [3.05, 3.63) is 84.3 Å². The van der Waals surface area contributed by atoms with Crippen LogP contribution in [-0.2, 0) is 13.2 Å². The number of anilines is 1. The second kappa shape index (κ2) is 11.0. The zero-order valence-corrected chi connectivity index (χ0v) is 22.5. The molecular formula is C30H24F3N9. The molecular weight excluding hydrogens is 543 g/mol. The topological polar surface area (TPSA) is 91.2 Å². The van der Waals surface area contributed by atoms with Crippen LogP contribution in [0.2, 0.25) is 0 Å². The molecule has 9 nitrogen and oxygen atoms in total. The molecule has 1 fully saturated rings. The van der Waals surface area contributed by atoms with E-state index in [0.717, 1.165) is 72.0 Å². The molecule has 0 unspecified atom stereocenters. The van der Waals surface area contributed by atoms with Crippen molar-refractivity contribution < 1.29 is 13.2 Å². The fourth-order valence-electron chi connectivity index (χ4n) is 4.94. The number of hydrogen-bond donors (Lipinski definition) is 0. The molecule has 5 aromatic heterocycles. The molecule has 0 bridgehead atoms. The molecule has 0 radical (unpaired) electrons. The average molecular weight is 568 g/mol. The second-order valence-corrected chi connectivity index (χ2v) is 9.94. The number of aryl methyl sites for hydroxylation is 1. The number of alkyl halides is 3. The smallest absolute Gasteiger partial charge is 0.354 e. The molecule has 5 aromatic rings. The quantitative estimate of drug-likeness (QED) is 0.300. The minimum absolute atomic E-state index is 0.244. The fraction of sp³-hybridized carbons (Fsp3) is 0.233. The Kier molecular flexibility index (Phi) is 7.07. The molecule has 0 atom stereocenters. The van der Waals surface area contributed by atoms with Crippen molar-refractivity contribution in [3.63, 3.8) is 0 Å². The van der Waals surface area contributed by atoms with Crippen LogP contribution in [0, 0.1) is 23.2 Å². The van der Waals surface area contributed by atoms with E-state index in [0.29, 0.717) is 12.1 Å². The standard InChI is InChI=1S/C30H24F3N9/c1-39-19-25(17-37-39)23-12-27(29-24(13-34)16-38-42(29)20-23)22-4-5-28(36-15-22)41-9-7-40(8-10-41)6-2-3-21-11-26(18-35-14-21)30(31,32)33/h4-5,11-12,14-20H,6-10H2,1H3. The third-order valence-corrected chi connectivity index (χ3v) is 7.13. The van der Waals surface area contributed by atoms with Gasteiger partial charge in [-0.2, -0.15) is 28.6 Å². The molecule has 0 aromatic carbocycles. The van der Waals surface area contributed by atoms with Crippen LogP contribution >= 0.6 is 0 Å². The van der Waals surface area contributed by atoms with Crippen LogP contribution in [0.25, 0.3) is 27.8 Å². The van der Waals surface area contributed by atoms with Crippen molar-refractivity contribution in [1.82, 2.24) is 34.3 Å². The van der Waals surface area contributed by atoms with Crippen molar-refractivity contribution in [2.75, 3.05) is 37.6 Å². The Labute approximate surface area is 239 Å². The number of nitriles is 1.